The highest BCUT2D eigenvalue weighted by Crippen LogP contribution is 2.32. The van der Waals surface area contributed by atoms with Gasteiger partial charge in [0, 0.05) is 13.1 Å². The van der Waals surface area contributed by atoms with E-state index in [9.17, 15) is 4.79 Å². The van der Waals surface area contributed by atoms with E-state index in [2.05, 4.69) is 10.6 Å². The second-order valence-corrected chi connectivity index (χ2v) is 5.82. The molecule has 0 bridgehead atoms. The molecule has 24 heavy (non-hydrogen) atoms. The molecule has 0 spiro atoms. The van der Waals surface area contributed by atoms with Crippen molar-refractivity contribution in [3.05, 3.63) is 59.2 Å². The quantitative estimate of drug-likeness (QED) is 0.883. The van der Waals surface area contributed by atoms with Crippen molar-refractivity contribution in [3.8, 4) is 11.5 Å². The maximum Gasteiger partial charge on any atom is 0.237 e. The topological polar surface area (TPSA) is 59.6 Å². The van der Waals surface area contributed by atoms with Gasteiger partial charge in [0.05, 0.1) is 20.3 Å². The van der Waals surface area contributed by atoms with Gasteiger partial charge in [-0.1, -0.05) is 30.3 Å². The molecule has 0 radical (unpaired) electrons. The molecular formula is C19H22N2O3. The molecule has 2 aromatic rings. The fourth-order valence-electron chi connectivity index (χ4n) is 2.94. The monoisotopic (exact) mass is 326 g/mol. The van der Waals surface area contributed by atoms with Crippen molar-refractivity contribution in [1.82, 2.24) is 10.6 Å². The molecule has 0 aromatic heterocycles. The highest BCUT2D eigenvalue weighted by atomic mass is 16.5. The van der Waals surface area contributed by atoms with E-state index in [-0.39, 0.29) is 11.9 Å². The predicted octanol–water partition coefficient (Wildman–Crippen LogP) is 2.03. The van der Waals surface area contributed by atoms with Crippen LogP contribution in [0.25, 0.3) is 0 Å². The van der Waals surface area contributed by atoms with E-state index in [1.807, 2.05) is 42.5 Å². The van der Waals surface area contributed by atoms with E-state index >= 15 is 0 Å². The fourth-order valence-corrected chi connectivity index (χ4v) is 2.94. The molecule has 1 aliphatic heterocycles. The van der Waals surface area contributed by atoms with Crippen molar-refractivity contribution < 1.29 is 14.3 Å². The molecule has 0 aliphatic carbocycles. The summed E-state index contributed by atoms with van der Waals surface area (Å²) in [7, 11) is 3.25. The normalized spacial score (nSPS) is 16.2. The number of ether oxygens (including phenoxy) is 2. The number of rotatable bonds is 5. The predicted molar refractivity (Wildman–Crippen MR) is 92.2 cm³/mol. The molecule has 5 nitrogen and oxygen atoms in total. The molecule has 0 unspecified atom stereocenters. The van der Waals surface area contributed by atoms with E-state index in [0.29, 0.717) is 31.0 Å². The molecule has 0 saturated heterocycles. The summed E-state index contributed by atoms with van der Waals surface area (Å²) >= 11 is 0. The fraction of sp³-hybridized carbons (Fsp3) is 0.316. The Hall–Kier alpha value is -2.53. The highest BCUT2D eigenvalue weighted by molar-refractivity contribution is 5.82. The van der Waals surface area contributed by atoms with E-state index < -0.39 is 0 Å². The molecule has 1 heterocycles. The molecule has 5 heteroatoms. The van der Waals surface area contributed by atoms with Crippen LogP contribution < -0.4 is 20.1 Å². The number of carbonyl (C=O) groups excluding carboxylic acids is 1. The minimum Gasteiger partial charge on any atom is -0.493 e. The molecule has 0 saturated carbocycles. The van der Waals surface area contributed by atoms with Crippen molar-refractivity contribution in [2.24, 2.45) is 0 Å². The number of benzene rings is 2. The Kier molecular flexibility index (Phi) is 5.01. The molecule has 3 rings (SSSR count). The van der Waals surface area contributed by atoms with Crippen LogP contribution in [0, 0.1) is 0 Å². The number of hydrogen-bond donors (Lipinski definition) is 2. The SMILES string of the molecule is COc1cc2c(cc1OC)C[C@H](C(=O)NCc1ccccc1)NC2. The Morgan fingerprint density at radius 1 is 1.12 bits per heavy atom. The first-order valence-electron chi connectivity index (χ1n) is 8.00. The summed E-state index contributed by atoms with van der Waals surface area (Å²) in [6.07, 6.45) is 0.635. The average molecular weight is 326 g/mol. The molecule has 1 amide bonds. The van der Waals surface area contributed by atoms with Gasteiger partial charge < -0.3 is 20.1 Å². The summed E-state index contributed by atoms with van der Waals surface area (Å²) in [4.78, 5) is 12.4. The van der Waals surface area contributed by atoms with Crippen molar-refractivity contribution in [3.63, 3.8) is 0 Å². The Balaban J connectivity index is 1.66. The summed E-state index contributed by atoms with van der Waals surface area (Å²) in [6.45, 7) is 1.18. The van der Waals surface area contributed by atoms with E-state index in [1.54, 1.807) is 14.2 Å². The Labute approximate surface area is 142 Å². The summed E-state index contributed by atoms with van der Waals surface area (Å²) in [5.74, 6) is 1.42. The lowest BCUT2D eigenvalue weighted by atomic mass is 9.94. The van der Waals surface area contributed by atoms with Crippen molar-refractivity contribution in [2.75, 3.05) is 14.2 Å². The molecule has 2 aromatic carbocycles. The van der Waals surface area contributed by atoms with Crippen molar-refractivity contribution in [1.29, 1.82) is 0 Å². The summed E-state index contributed by atoms with van der Waals surface area (Å²) in [5.41, 5.74) is 3.35. The lowest BCUT2D eigenvalue weighted by molar-refractivity contribution is -0.123. The molecule has 0 fully saturated rings. The maximum atomic E-state index is 12.4. The van der Waals surface area contributed by atoms with Crippen LogP contribution in [0.5, 0.6) is 11.5 Å². The number of methoxy groups -OCH3 is 2. The van der Waals surface area contributed by atoms with Gasteiger partial charge in [0.25, 0.3) is 0 Å². The maximum absolute atomic E-state index is 12.4. The van der Waals surface area contributed by atoms with Crippen LogP contribution in [0.3, 0.4) is 0 Å². The minimum atomic E-state index is -0.237. The molecule has 1 aliphatic rings. The first kappa shape index (κ1) is 16.3. The third-order valence-corrected chi connectivity index (χ3v) is 4.29. The largest absolute Gasteiger partial charge is 0.493 e. The van der Waals surface area contributed by atoms with E-state index in [1.165, 1.54) is 0 Å². The zero-order valence-electron chi connectivity index (χ0n) is 14.0. The van der Waals surface area contributed by atoms with E-state index in [0.717, 1.165) is 16.7 Å². The summed E-state index contributed by atoms with van der Waals surface area (Å²) < 4.78 is 10.7. The van der Waals surface area contributed by atoms with Gasteiger partial charge in [-0.2, -0.15) is 0 Å². The molecular weight excluding hydrogens is 304 g/mol. The Bertz CT molecular complexity index is 716. The lowest BCUT2D eigenvalue weighted by Crippen LogP contribution is -2.47. The smallest absolute Gasteiger partial charge is 0.237 e. The van der Waals surface area contributed by atoms with E-state index in [4.69, 9.17) is 9.47 Å². The van der Waals surface area contributed by atoms with Crippen molar-refractivity contribution in [2.45, 2.75) is 25.6 Å². The average Bonchev–Trinajstić information content (AvgIpc) is 2.65. The second-order valence-electron chi connectivity index (χ2n) is 5.82. The Morgan fingerprint density at radius 2 is 1.79 bits per heavy atom. The van der Waals surface area contributed by atoms with Gasteiger partial charge in [-0.05, 0) is 35.2 Å². The van der Waals surface area contributed by atoms with Gasteiger partial charge in [0.1, 0.15) is 0 Å². The van der Waals surface area contributed by atoms with Crippen LogP contribution in [0.1, 0.15) is 16.7 Å². The summed E-state index contributed by atoms with van der Waals surface area (Å²) in [5, 5.41) is 6.28. The third kappa shape index (κ3) is 3.51. The first-order valence-corrected chi connectivity index (χ1v) is 8.00. The number of nitrogens with one attached hydrogen (secondary N) is 2. The van der Waals surface area contributed by atoms with Gasteiger partial charge in [-0.15, -0.1) is 0 Å². The highest BCUT2D eigenvalue weighted by Gasteiger charge is 2.25. The van der Waals surface area contributed by atoms with Crippen LogP contribution in [-0.4, -0.2) is 26.2 Å². The zero-order chi connectivity index (χ0) is 16.9. The molecule has 126 valence electrons. The summed E-state index contributed by atoms with van der Waals surface area (Å²) in [6, 6.07) is 13.6. The van der Waals surface area contributed by atoms with Gasteiger partial charge >= 0.3 is 0 Å². The number of fused-ring (bicyclic) bond motifs is 1. The standard InChI is InChI=1S/C19H22N2O3/c1-23-17-9-14-8-16(20-12-15(14)10-18(17)24-2)19(22)21-11-13-6-4-3-5-7-13/h3-7,9-10,16,20H,8,11-12H2,1-2H3,(H,21,22)/t16-/m1/s1. The molecule has 2 N–H and O–H groups in total. The van der Waals surface area contributed by atoms with Crippen molar-refractivity contribution >= 4 is 5.91 Å². The third-order valence-electron chi connectivity index (χ3n) is 4.29. The van der Waals surface area contributed by atoms with Crippen LogP contribution in [0.4, 0.5) is 0 Å². The number of amides is 1. The first-order chi connectivity index (χ1) is 11.7. The van der Waals surface area contributed by atoms with Crippen LogP contribution in [0.2, 0.25) is 0 Å². The number of carbonyl (C=O) groups is 1. The van der Waals surface area contributed by atoms with Crippen LogP contribution >= 0.6 is 0 Å². The number of hydrogen-bond acceptors (Lipinski definition) is 4. The minimum absolute atomic E-state index is 0.0132. The van der Waals surface area contributed by atoms with Crippen LogP contribution in [-0.2, 0) is 24.3 Å². The van der Waals surface area contributed by atoms with Gasteiger partial charge in [0.15, 0.2) is 11.5 Å². The van der Waals surface area contributed by atoms with Gasteiger partial charge in [-0.25, -0.2) is 0 Å². The molecule has 1 atom stereocenters. The van der Waals surface area contributed by atoms with Gasteiger partial charge in [0.2, 0.25) is 5.91 Å². The second kappa shape index (κ2) is 7.36. The van der Waals surface area contributed by atoms with Crippen LogP contribution in [0.15, 0.2) is 42.5 Å². The Morgan fingerprint density at radius 3 is 2.46 bits per heavy atom. The van der Waals surface area contributed by atoms with Gasteiger partial charge in [-0.3, -0.25) is 4.79 Å². The zero-order valence-corrected chi connectivity index (χ0v) is 14.0. The lowest BCUT2D eigenvalue weighted by Gasteiger charge is -2.26.